The average Bonchev–Trinajstić information content (AvgIpc) is 3.11. The van der Waals surface area contributed by atoms with Gasteiger partial charge in [-0.15, -0.1) is 0 Å². The Bertz CT molecular complexity index is 924. The summed E-state index contributed by atoms with van der Waals surface area (Å²) in [6, 6.07) is 5.09. The fourth-order valence-corrected chi connectivity index (χ4v) is 5.86. The molecule has 0 spiro atoms. The lowest BCUT2D eigenvalue weighted by Gasteiger charge is -2.34. The molecule has 1 atom stereocenters. The minimum Gasteiger partial charge on any atom is -0.452 e. The number of rotatable bonds is 4. The summed E-state index contributed by atoms with van der Waals surface area (Å²) in [6.07, 6.45) is 14.8. The zero-order valence-corrected chi connectivity index (χ0v) is 18.5. The zero-order chi connectivity index (χ0) is 20.7. The lowest BCUT2D eigenvalue weighted by Crippen LogP contribution is -2.42. The van der Waals surface area contributed by atoms with Crippen molar-refractivity contribution in [3.05, 3.63) is 23.5 Å². The lowest BCUT2D eigenvalue weighted by atomic mass is 9.82. The van der Waals surface area contributed by atoms with Crippen molar-refractivity contribution in [3.63, 3.8) is 0 Å². The molecule has 2 heterocycles. The van der Waals surface area contributed by atoms with E-state index in [-0.39, 0.29) is 12.1 Å². The minimum atomic E-state index is -0.264. The molecule has 2 fully saturated rings. The number of carbonyl (C=O) groups excluding carboxylic acids is 1. The number of nitrogens with zero attached hydrogens (tertiary/aromatic N) is 3. The van der Waals surface area contributed by atoms with Crippen LogP contribution < -0.4 is 4.90 Å². The van der Waals surface area contributed by atoms with Crippen molar-refractivity contribution in [2.45, 2.75) is 96.1 Å². The number of aromatic nitrogens is 2. The molecule has 5 nitrogen and oxygen atoms in total. The number of fused-ring (bicyclic) bond motifs is 3. The van der Waals surface area contributed by atoms with Gasteiger partial charge in [-0.05, 0) is 57.1 Å². The Morgan fingerprint density at radius 3 is 2.60 bits per heavy atom. The fraction of sp³-hybridized carbons (Fsp3) is 0.680. The maximum absolute atomic E-state index is 12.5. The highest BCUT2D eigenvalue weighted by molar-refractivity contribution is 5.95. The molecule has 2 aromatic rings. The fourth-order valence-electron chi connectivity index (χ4n) is 5.86. The number of amides is 1. The Balaban J connectivity index is 1.58. The van der Waals surface area contributed by atoms with Crippen molar-refractivity contribution in [3.8, 4) is 0 Å². The van der Waals surface area contributed by atoms with Gasteiger partial charge in [0.2, 0.25) is 0 Å². The SMILES string of the molecule is COC(=O)N1c2ccc3c(nc(CCC4CCC4)n3C3CCCCC3)c2CC[C@@H]1C. The quantitative estimate of drug-likeness (QED) is 0.605. The van der Waals surface area contributed by atoms with Crippen LogP contribution in [0.4, 0.5) is 10.5 Å². The first-order valence-corrected chi connectivity index (χ1v) is 12.1. The van der Waals surface area contributed by atoms with E-state index < -0.39 is 0 Å². The first kappa shape index (κ1) is 19.9. The van der Waals surface area contributed by atoms with Crippen LogP contribution in [0.25, 0.3) is 11.0 Å². The number of benzene rings is 1. The van der Waals surface area contributed by atoms with Crippen molar-refractivity contribution < 1.29 is 9.53 Å². The molecule has 0 N–H and O–H groups in total. The molecule has 0 saturated heterocycles. The van der Waals surface area contributed by atoms with Crippen molar-refractivity contribution in [2.75, 3.05) is 12.0 Å². The van der Waals surface area contributed by atoms with Crippen LogP contribution in [-0.4, -0.2) is 28.8 Å². The highest BCUT2D eigenvalue weighted by atomic mass is 16.5. The lowest BCUT2D eigenvalue weighted by molar-refractivity contribution is 0.175. The van der Waals surface area contributed by atoms with Crippen LogP contribution in [0.2, 0.25) is 0 Å². The molecule has 1 aliphatic heterocycles. The third kappa shape index (κ3) is 3.40. The smallest absolute Gasteiger partial charge is 0.414 e. The number of ether oxygens (including phenoxy) is 1. The monoisotopic (exact) mass is 409 g/mol. The van der Waals surface area contributed by atoms with E-state index in [0.717, 1.165) is 36.4 Å². The topological polar surface area (TPSA) is 47.4 Å². The van der Waals surface area contributed by atoms with Crippen molar-refractivity contribution >= 4 is 22.8 Å². The van der Waals surface area contributed by atoms with E-state index in [1.807, 2.05) is 4.90 Å². The number of hydrogen-bond donors (Lipinski definition) is 0. The van der Waals surface area contributed by atoms with Crippen LogP contribution in [0.1, 0.15) is 88.6 Å². The summed E-state index contributed by atoms with van der Waals surface area (Å²) in [5, 5.41) is 0. The van der Waals surface area contributed by atoms with E-state index in [9.17, 15) is 4.79 Å². The second-order valence-electron chi connectivity index (χ2n) is 9.68. The van der Waals surface area contributed by atoms with Crippen LogP contribution in [0.15, 0.2) is 12.1 Å². The van der Waals surface area contributed by atoms with Crippen LogP contribution in [0.5, 0.6) is 0 Å². The third-order valence-corrected chi connectivity index (χ3v) is 7.84. The molecule has 162 valence electrons. The molecule has 5 rings (SSSR count). The maximum atomic E-state index is 12.5. The van der Waals surface area contributed by atoms with Gasteiger partial charge < -0.3 is 9.30 Å². The minimum absolute atomic E-state index is 0.154. The molecule has 1 aromatic heterocycles. The normalized spacial score (nSPS) is 22.7. The van der Waals surface area contributed by atoms with Crippen LogP contribution in [0, 0.1) is 5.92 Å². The summed E-state index contributed by atoms with van der Waals surface area (Å²) < 4.78 is 7.69. The third-order valence-electron chi connectivity index (χ3n) is 7.84. The number of hydrogen-bond acceptors (Lipinski definition) is 3. The van der Waals surface area contributed by atoms with Crippen LogP contribution in [-0.2, 0) is 17.6 Å². The maximum Gasteiger partial charge on any atom is 0.414 e. The van der Waals surface area contributed by atoms with Gasteiger partial charge in [-0.3, -0.25) is 4.90 Å². The van der Waals surface area contributed by atoms with Crippen LogP contribution >= 0.6 is 0 Å². The number of methoxy groups -OCH3 is 1. The predicted octanol–water partition coefficient (Wildman–Crippen LogP) is 6.18. The second-order valence-corrected chi connectivity index (χ2v) is 9.68. The molecule has 2 aliphatic carbocycles. The average molecular weight is 410 g/mol. The van der Waals surface area contributed by atoms with Gasteiger partial charge in [0.05, 0.1) is 23.8 Å². The number of aryl methyl sites for hydroxylation is 2. The Morgan fingerprint density at radius 1 is 1.10 bits per heavy atom. The summed E-state index contributed by atoms with van der Waals surface area (Å²) in [5.74, 6) is 2.18. The van der Waals surface area contributed by atoms with Gasteiger partial charge in [0, 0.05) is 24.1 Å². The van der Waals surface area contributed by atoms with E-state index in [1.165, 1.54) is 81.8 Å². The summed E-state index contributed by atoms with van der Waals surface area (Å²) >= 11 is 0. The summed E-state index contributed by atoms with van der Waals surface area (Å²) in [7, 11) is 1.47. The van der Waals surface area contributed by atoms with E-state index in [0.29, 0.717) is 6.04 Å². The number of anilines is 1. The Kier molecular flexibility index (Phi) is 5.46. The van der Waals surface area contributed by atoms with Gasteiger partial charge in [0.15, 0.2) is 0 Å². The first-order chi connectivity index (χ1) is 14.7. The predicted molar refractivity (Wildman–Crippen MR) is 120 cm³/mol. The van der Waals surface area contributed by atoms with Crippen LogP contribution in [0.3, 0.4) is 0 Å². The van der Waals surface area contributed by atoms with Gasteiger partial charge in [0.25, 0.3) is 0 Å². The second kappa shape index (κ2) is 8.24. The van der Waals surface area contributed by atoms with E-state index in [1.54, 1.807) is 0 Å². The highest BCUT2D eigenvalue weighted by Crippen LogP contribution is 2.40. The summed E-state index contributed by atoms with van der Waals surface area (Å²) in [6.45, 7) is 2.11. The summed E-state index contributed by atoms with van der Waals surface area (Å²) in [5.41, 5.74) is 4.63. The van der Waals surface area contributed by atoms with Crippen molar-refractivity contribution in [2.24, 2.45) is 5.92 Å². The molecule has 5 heteroatoms. The molecular weight excluding hydrogens is 374 g/mol. The highest BCUT2D eigenvalue weighted by Gasteiger charge is 2.32. The van der Waals surface area contributed by atoms with Gasteiger partial charge in [-0.25, -0.2) is 9.78 Å². The number of carbonyl (C=O) groups is 1. The van der Waals surface area contributed by atoms with E-state index in [2.05, 4.69) is 23.6 Å². The first-order valence-electron chi connectivity index (χ1n) is 12.1. The number of imidazole rings is 1. The zero-order valence-electron chi connectivity index (χ0n) is 18.5. The van der Waals surface area contributed by atoms with Gasteiger partial charge >= 0.3 is 6.09 Å². The summed E-state index contributed by atoms with van der Waals surface area (Å²) in [4.78, 5) is 19.6. The molecule has 0 bridgehead atoms. The molecule has 3 aliphatic rings. The van der Waals surface area contributed by atoms with E-state index in [4.69, 9.17) is 9.72 Å². The molecular formula is C25H35N3O2. The van der Waals surface area contributed by atoms with Gasteiger partial charge in [-0.1, -0.05) is 38.5 Å². The molecule has 0 radical (unpaired) electrons. The Morgan fingerprint density at radius 2 is 1.90 bits per heavy atom. The van der Waals surface area contributed by atoms with Gasteiger partial charge in [0.1, 0.15) is 5.82 Å². The molecule has 1 aromatic carbocycles. The van der Waals surface area contributed by atoms with Crippen molar-refractivity contribution in [1.82, 2.24) is 9.55 Å². The largest absolute Gasteiger partial charge is 0.452 e. The molecule has 1 amide bonds. The van der Waals surface area contributed by atoms with E-state index >= 15 is 0 Å². The standard InChI is InChI=1S/C25H35N3O2/c1-17-11-13-20-21(27(17)25(29)30-2)14-15-22-24(20)26-23(16-12-18-7-6-8-18)28(22)19-9-4-3-5-10-19/h14-15,17-19H,3-13,16H2,1-2H3/t17-/m0/s1. The Hall–Kier alpha value is -2.04. The molecule has 0 unspecified atom stereocenters. The Labute approximate surface area is 179 Å². The van der Waals surface area contributed by atoms with Gasteiger partial charge in [-0.2, -0.15) is 0 Å². The molecule has 30 heavy (non-hydrogen) atoms. The molecule has 2 saturated carbocycles. The van der Waals surface area contributed by atoms with Crippen molar-refractivity contribution in [1.29, 1.82) is 0 Å².